The van der Waals surface area contributed by atoms with Crippen molar-refractivity contribution in [3.8, 4) is 11.5 Å². The van der Waals surface area contributed by atoms with Crippen molar-refractivity contribution >= 4 is 21.8 Å². The summed E-state index contributed by atoms with van der Waals surface area (Å²) in [6, 6.07) is 3.75. The van der Waals surface area contributed by atoms with Gasteiger partial charge in [0.1, 0.15) is 24.7 Å². The number of esters is 2. The minimum Gasteiger partial charge on any atom is -0.507 e. The lowest BCUT2D eigenvalue weighted by atomic mass is 9.93. The van der Waals surface area contributed by atoms with E-state index in [4.69, 9.17) is 9.47 Å². The summed E-state index contributed by atoms with van der Waals surface area (Å²) < 4.78 is 38.0. The molecule has 0 radical (unpaired) electrons. The van der Waals surface area contributed by atoms with Crippen molar-refractivity contribution in [2.75, 3.05) is 0 Å². The molecule has 2 aromatic rings. The molecule has 9 heteroatoms. The first-order chi connectivity index (χ1) is 19.7. The van der Waals surface area contributed by atoms with Crippen LogP contribution in [0.4, 0.5) is 0 Å². The largest absolute Gasteiger partial charge is 0.507 e. The number of aromatic hydroxyl groups is 2. The third-order valence-electron chi connectivity index (χ3n) is 9.01. The number of rotatable bonds is 12. The highest BCUT2D eigenvalue weighted by atomic mass is 32.2. The van der Waals surface area contributed by atoms with Crippen molar-refractivity contribution < 1.29 is 37.7 Å². The maximum absolute atomic E-state index is 13.5. The smallest absolute Gasteiger partial charge is 0.310 e. The molecule has 0 heterocycles. The summed E-state index contributed by atoms with van der Waals surface area (Å²) in [7, 11) is -3.95. The third kappa shape index (κ3) is 7.72. The van der Waals surface area contributed by atoms with E-state index in [0.29, 0.717) is 22.3 Å². The molecule has 0 spiro atoms. The van der Waals surface area contributed by atoms with Crippen LogP contribution in [-0.2, 0) is 42.1 Å². The van der Waals surface area contributed by atoms with Crippen LogP contribution in [0.15, 0.2) is 12.1 Å². The molecule has 0 bridgehead atoms. The van der Waals surface area contributed by atoms with Gasteiger partial charge in [0.2, 0.25) is 0 Å². The van der Waals surface area contributed by atoms with E-state index in [0.717, 1.165) is 22.3 Å². The van der Waals surface area contributed by atoms with Crippen molar-refractivity contribution in [3.63, 3.8) is 0 Å². The summed E-state index contributed by atoms with van der Waals surface area (Å²) in [5.41, 5.74) is 5.99. The highest BCUT2D eigenvalue weighted by Crippen LogP contribution is 2.35. The Morgan fingerprint density at radius 3 is 1.23 bits per heavy atom. The standard InChI is InChI=1S/C34H50O8S/c1-17(2)27-13-19(5)29(23(9)31(27)35)15-41-33(37)21(7)25(11)43(39,40)26(12)22(8)34(38)42-16-30-20(6)14-28(18(3)4)32(36)24(30)10/h13-14,17-18,21-22,25-26,35-36H,15-16H2,1-12H3. The molecule has 240 valence electrons. The number of sulfone groups is 1. The van der Waals surface area contributed by atoms with Gasteiger partial charge in [-0.2, -0.15) is 0 Å². The molecule has 0 saturated heterocycles. The van der Waals surface area contributed by atoms with Crippen molar-refractivity contribution in [2.45, 2.75) is 119 Å². The molecular formula is C34H50O8S. The van der Waals surface area contributed by atoms with Crippen LogP contribution in [-0.4, -0.2) is 41.1 Å². The Morgan fingerprint density at radius 1 is 0.651 bits per heavy atom. The molecule has 0 saturated carbocycles. The lowest BCUT2D eigenvalue weighted by Crippen LogP contribution is -2.41. The molecule has 0 aliphatic heterocycles. The average molecular weight is 619 g/mol. The van der Waals surface area contributed by atoms with E-state index in [1.54, 1.807) is 13.8 Å². The zero-order valence-electron chi connectivity index (χ0n) is 27.8. The third-order valence-corrected chi connectivity index (χ3v) is 11.9. The number of carbonyl (C=O) groups is 2. The summed E-state index contributed by atoms with van der Waals surface area (Å²) in [5, 5.41) is 19.0. The van der Waals surface area contributed by atoms with Gasteiger partial charge >= 0.3 is 11.9 Å². The van der Waals surface area contributed by atoms with E-state index < -0.39 is 44.1 Å². The molecule has 0 aliphatic rings. The molecular weight excluding hydrogens is 568 g/mol. The summed E-state index contributed by atoms with van der Waals surface area (Å²) >= 11 is 0. The minimum atomic E-state index is -3.95. The van der Waals surface area contributed by atoms with Crippen molar-refractivity contribution in [3.05, 3.63) is 56.6 Å². The van der Waals surface area contributed by atoms with E-state index >= 15 is 0 Å². The SMILES string of the molecule is Cc1cc(C(C)C)c(O)c(C)c1COC(=O)C(C)C(C)S(=O)(=O)C(C)C(C)C(=O)OCc1c(C)cc(C(C)C)c(O)c1C. The first-order valence-corrected chi connectivity index (χ1v) is 16.6. The predicted molar refractivity (Wildman–Crippen MR) is 169 cm³/mol. The number of benzene rings is 2. The molecule has 43 heavy (non-hydrogen) atoms. The Bertz CT molecular complexity index is 1350. The Labute approximate surface area is 257 Å². The molecule has 2 rings (SSSR count). The minimum absolute atomic E-state index is 0.0929. The van der Waals surface area contributed by atoms with Gasteiger partial charge in [-0.1, -0.05) is 53.7 Å². The van der Waals surface area contributed by atoms with Gasteiger partial charge in [-0.3, -0.25) is 9.59 Å². The first-order valence-electron chi connectivity index (χ1n) is 14.9. The van der Waals surface area contributed by atoms with Crippen LogP contribution < -0.4 is 0 Å². The Kier molecular flexibility index (Phi) is 11.9. The predicted octanol–water partition coefficient (Wildman–Crippen LogP) is 6.83. The number of phenols is 2. The maximum atomic E-state index is 13.5. The quantitative estimate of drug-likeness (QED) is 0.248. The molecule has 0 aliphatic carbocycles. The van der Waals surface area contributed by atoms with Crippen LogP contribution in [0.25, 0.3) is 0 Å². The highest BCUT2D eigenvalue weighted by Gasteiger charge is 2.40. The molecule has 2 aromatic carbocycles. The number of carbonyl (C=O) groups excluding carboxylic acids is 2. The normalized spacial score (nSPS) is 14.8. The lowest BCUT2D eigenvalue weighted by Gasteiger charge is -2.26. The number of hydrogen-bond acceptors (Lipinski definition) is 8. The molecule has 0 aromatic heterocycles. The van der Waals surface area contributed by atoms with Crippen LogP contribution in [0, 0.1) is 39.5 Å². The van der Waals surface area contributed by atoms with E-state index in [2.05, 4.69) is 0 Å². The van der Waals surface area contributed by atoms with E-state index in [-0.39, 0.29) is 36.5 Å². The fraction of sp³-hybridized carbons (Fsp3) is 0.588. The van der Waals surface area contributed by atoms with Crippen LogP contribution in [0.5, 0.6) is 11.5 Å². The molecule has 4 unspecified atom stereocenters. The maximum Gasteiger partial charge on any atom is 0.310 e. The second-order valence-electron chi connectivity index (χ2n) is 12.6. The number of hydrogen-bond donors (Lipinski definition) is 2. The van der Waals surface area contributed by atoms with E-state index in [1.807, 2.05) is 53.7 Å². The van der Waals surface area contributed by atoms with Gasteiger partial charge in [0.15, 0.2) is 9.84 Å². The topological polar surface area (TPSA) is 127 Å². The van der Waals surface area contributed by atoms with Crippen molar-refractivity contribution in [1.29, 1.82) is 0 Å². The van der Waals surface area contributed by atoms with Gasteiger partial charge in [0.05, 0.1) is 22.3 Å². The van der Waals surface area contributed by atoms with Crippen LogP contribution in [0.1, 0.15) is 112 Å². The first kappa shape index (κ1) is 36.1. The van der Waals surface area contributed by atoms with Crippen LogP contribution >= 0.6 is 0 Å². The van der Waals surface area contributed by atoms with Crippen LogP contribution in [0.2, 0.25) is 0 Å². The Morgan fingerprint density at radius 2 is 0.953 bits per heavy atom. The van der Waals surface area contributed by atoms with Crippen molar-refractivity contribution in [2.24, 2.45) is 11.8 Å². The second-order valence-corrected chi connectivity index (χ2v) is 15.2. The second kappa shape index (κ2) is 14.1. The lowest BCUT2D eigenvalue weighted by molar-refractivity contribution is -0.149. The zero-order chi connectivity index (χ0) is 33.1. The molecule has 2 N–H and O–H groups in total. The Hall–Kier alpha value is -3.07. The summed E-state index contributed by atoms with van der Waals surface area (Å²) in [4.78, 5) is 25.9. The van der Waals surface area contributed by atoms with Crippen molar-refractivity contribution in [1.82, 2.24) is 0 Å². The average Bonchev–Trinajstić information content (AvgIpc) is 2.94. The zero-order valence-corrected chi connectivity index (χ0v) is 28.6. The summed E-state index contributed by atoms with van der Waals surface area (Å²) in [5.74, 6) is -2.76. The highest BCUT2D eigenvalue weighted by molar-refractivity contribution is 7.92. The van der Waals surface area contributed by atoms with Gasteiger partial charge in [0, 0.05) is 0 Å². The monoisotopic (exact) mass is 618 g/mol. The number of phenolic OH excluding ortho intramolecular Hbond substituents is 2. The van der Waals surface area contributed by atoms with Gasteiger partial charge < -0.3 is 19.7 Å². The summed E-state index contributed by atoms with van der Waals surface area (Å²) in [6.45, 7) is 20.9. The van der Waals surface area contributed by atoms with Gasteiger partial charge in [-0.05, 0) is 97.9 Å². The molecule has 0 amide bonds. The van der Waals surface area contributed by atoms with Gasteiger partial charge in [-0.15, -0.1) is 0 Å². The van der Waals surface area contributed by atoms with Crippen LogP contribution in [0.3, 0.4) is 0 Å². The van der Waals surface area contributed by atoms with Gasteiger partial charge in [0.25, 0.3) is 0 Å². The molecule has 0 fully saturated rings. The fourth-order valence-corrected chi connectivity index (χ4v) is 7.29. The Balaban J connectivity index is 2.11. The summed E-state index contributed by atoms with van der Waals surface area (Å²) in [6.07, 6.45) is 0. The fourth-order valence-electron chi connectivity index (χ4n) is 5.25. The van der Waals surface area contributed by atoms with E-state index in [9.17, 15) is 28.2 Å². The molecule has 4 atom stereocenters. The van der Waals surface area contributed by atoms with E-state index in [1.165, 1.54) is 27.7 Å². The van der Waals surface area contributed by atoms with Gasteiger partial charge in [-0.25, -0.2) is 8.42 Å². The number of aryl methyl sites for hydroxylation is 2. The molecule has 8 nitrogen and oxygen atoms in total. The number of ether oxygens (including phenoxy) is 2.